The second-order valence-corrected chi connectivity index (χ2v) is 5.54. The smallest absolute Gasteiger partial charge is 0.0754 e. The van der Waals surface area contributed by atoms with E-state index in [0.29, 0.717) is 11.8 Å². The summed E-state index contributed by atoms with van der Waals surface area (Å²) in [5.74, 6) is 0.947. The van der Waals surface area contributed by atoms with Crippen LogP contribution in [0.1, 0.15) is 53.4 Å². The lowest BCUT2D eigenvalue weighted by atomic mass is 9.83. The van der Waals surface area contributed by atoms with Gasteiger partial charge in [0, 0.05) is 0 Å². The van der Waals surface area contributed by atoms with Crippen LogP contribution in [0.5, 0.6) is 0 Å². The first-order valence-corrected chi connectivity index (χ1v) is 6.51. The highest BCUT2D eigenvalue weighted by atomic mass is 16.3. The minimum absolute atomic E-state index is 0.258. The van der Waals surface area contributed by atoms with Crippen molar-refractivity contribution in [3.8, 4) is 0 Å². The lowest BCUT2D eigenvalue weighted by Crippen LogP contribution is -2.24. The molecular weight excluding hydrogens is 196 g/mol. The molecule has 0 amide bonds. The Morgan fingerprint density at radius 1 is 1.19 bits per heavy atom. The van der Waals surface area contributed by atoms with Gasteiger partial charge in [0.1, 0.15) is 0 Å². The highest BCUT2D eigenvalue weighted by Crippen LogP contribution is 2.26. The monoisotopic (exact) mass is 222 g/mol. The summed E-state index contributed by atoms with van der Waals surface area (Å²) in [4.78, 5) is 0. The van der Waals surface area contributed by atoms with E-state index >= 15 is 0 Å². The lowest BCUT2D eigenvalue weighted by molar-refractivity contribution is 0.115. The average molecular weight is 222 g/mol. The summed E-state index contributed by atoms with van der Waals surface area (Å²) in [6, 6.07) is 0. The Hall–Kier alpha value is -0.560. The van der Waals surface area contributed by atoms with Gasteiger partial charge in [-0.05, 0) is 51.4 Å². The maximum atomic E-state index is 10.2. The van der Waals surface area contributed by atoms with Crippen molar-refractivity contribution in [2.24, 2.45) is 11.8 Å². The van der Waals surface area contributed by atoms with Crippen molar-refractivity contribution >= 4 is 0 Å². The molecule has 1 rings (SSSR count). The molecule has 16 heavy (non-hydrogen) atoms. The SMILES string of the molecule is C/C1=C\[C@@H](O)[C@H](C(C)C)CC/C(C)=C/CC1. The van der Waals surface area contributed by atoms with E-state index in [0.717, 1.165) is 25.7 Å². The largest absolute Gasteiger partial charge is 0.389 e. The maximum Gasteiger partial charge on any atom is 0.0754 e. The van der Waals surface area contributed by atoms with Gasteiger partial charge >= 0.3 is 0 Å². The summed E-state index contributed by atoms with van der Waals surface area (Å²) in [6.07, 6.45) is 8.60. The van der Waals surface area contributed by atoms with Crippen LogP contribution in [0.2, 0.25) is 0 Å². The molecule has 0 saturated carbocycles. The molecule has 0 aliphatic heterocycles. The molecule has 1 aliphatic carbocycles. The van der Waals surface area contributed by atoms with Gasteiger partial charge in [-0.1, -0.05) is 37.1 Å². The summed E-state index contributed by atoms with van der Waals surface area (Å²) < 4.78 is 0. The lowest BCUT2D eigenvalue weighted by Gasteiger charge is -2.26. The van der Waals surface area contributed by atoms with Gasteiger partial charge < -0.3 is 5.11 Å². The Labute approximate surface area is 100 Å². The van der Waals surface area contributed by atoms with Crippen molar-refractivity contribution in [3.63, 3.8) is 0 Å². The zero-order valence-electron chi connectivity index (χ0n) is 11.2. The number of rotatable bonds is 1. The quantitative estimate of drug-likeness (QED) is 0.663. The Bertz CT molecular complexity index is 273. The van der Waals surface area contributed by atoms with Crippen LogP contribution in [0.3, 0.4) is 0 Å². The molecule has 92 valence electrons. The molecule has 1 heteroatoms. The molecule has 0 spiro atoms. The van der Waals surface area contributed by atoms with E-state index in [1.54, 1.807) is 0 Å². The fraction of sp³-hybridized carbons (Fsp3) is 0.733. The molecule has 0 radical (unpaired) electrons. The fourth-order valence-electron chi connectivity index (χ4n) is 2.44. The topological polar surface area (TPSA) is 20.2 Å². The summed E-state index contributed by atoms with van der Waals surface area (Å²) in [5, 5.41) is 10.2. The van der Waals surface area contributed by atoms with Gasteiger partial charge in [0.25, 0.3) is 0 Å². The molecule has 2 atom stereocenters. The fourth-order valence-corrected chi connectivity index (χ4v) is 2.44. The molecule has 0 unspecified atom stereocenters. The third-order valence-corrected chi connectivity index (χ3v) is 3.65. The van der Waals surface area contributed by atoms with Crippen LogP contribution in [0.25, 0.3) is 0 Å². The summed E-state index contributed by atoms with van der Waals surface area (Å²) in [6.45, 7) is 8.76. The molecule has 0 aromatic heterocycles. The highest BCUT2D eigenvalue weighted by Gasteiger charge is 2.21. The highest BCUT2D eigenvalue weighted by molar-refractivity contribution is 5.08. The predicted octanol–water partition coefficient (Wildman–Crippen LogP) is 4.09. The summed E-state index contributed by atoms with van der Waals surface area (Å²) in [7, 11) is 0. The third kappa shape index (κ3) is 4.13. The van der Waals surface area contributed by atoms with Gasteiger partial charge in [0.2, 0.25) is 0 Å². The molecule has 1 N–H and O–H groups in total. The van der Waals surface area contributed by atoms with E-state index in [4.69, 9.17) is 0 Å². The molecule has 0 fully saturated rings. The van der Waals surface area contributed by atoms with Gasteiger partial charge in [-0.3, -0.25) is 0 Å². The normalized spacial score (nSPS) is 35.1. The van der Waals surface area contributed by atoms with Crippen LogP contribution >= 0.6 is 0 Å². The first-order chi connectivity index (χ1) is 7.50. The van der Waals surface area contributed by atoms with Crippen molar-refractivity contribution in [2.75, 3.05) is 0 Å². The zero-order valence-corrected chi connectivity index (χ0v) is 11.2. The summed E-state index contributed by atoms with van der Waals surface area (Å²) >= 11 is 0. The van der Waals surface area contributed by atoms with E-state index in [1.165, 1.54) is 11.1 Å². The standard InChI is InChI=1S/C15H26O/c1-11(2)14-9-8-12(3)6-5-7-13(4)10-15(14)16/h6,10-11,14-16H,5,7-9H2,1-4H3/b12-6+,13-10+/t14-,15+/m0/s1. The molecule has 0 heterocycles. The van der Waals surface area contributed by atoms with Gasteiger partial charge in [0.05, 0.1) is 6.10 Å². The molecule has 1 nitrogen and oxygen atoms in total. The van der Waals surface area contributed by atoms with Gasteiger partial charge in [-0.2, -0.15) is 0 Å². The molecule has 0 aromatic rings. The zero-order chi connectivity index (χ0) is 12.1. The maximum absolute atomic E-state index is 10.2. The minimum atomic E-state index is -0.258. The number of hydrogen-bond acceptors (Lipinski definition) is 1. The van der Waals surface area contributed by atoms with Gasteiger partial charge in [0.15, 0.2) is 0 Å². The van der Waals surface area contributed by atoms with Crippen molar-refractivity contribution in [3.05, 3.63) is 23.3 Å². The van der Waals surface area contributed by atoms with E-state index in [1.807, 2.05) is 0 Å². The van der Waals surface area contributed by atoms with Crippen molar-refractivity contribution < 1.29 is 5.11 Å². The van der Waals surface area contributed by atoms with E-state index in [2.05, 4.69) is 39.8 Å². The second-order valence-electron chi connectivity index (χ2n) is 5.54. The summed E-state index contributed by atoms with van der Waals surface area (Å²) in [5.41, 5.74) is 2.80. The van der Waals surface area contributed by atoms with E-state index in [9.17, 15) is 5.11 Å². The number of hydrogen-bond donors (Lipinski definition) is 1. The van der Waals surface area contributed by atoms with Crippen molar-refractivity contribution in [2.45, 2.75) is 59.5 Å². The van der Waals surface area contributed by atoms with Crippen LogP contribution in [0, 0.1) is 11.8 Å². The first kappa shape index (κ1) is 13.5. The van der Waals surface area contributed by atoms with Crippen LogP contribution in [-0.2, 0) is 0 Å². The van der Waals surface area contributed by atoms with Gasteiger partial charge in [-0.15, -0.1) is 0 Å². The predicted molar refractivity (Wildman–Crippen MR) is 70.3 cm³/mol. The van der Waals surface area contributed by atoms with E-state index < -0.39 is 0 Å². The molecule has 0 saturated heterocycles. The van der Waals surface area contributed by atoms with Crippen LogP contribution in [0.15, 0.2) is 23.3 Å². The number of aliphatic hydroxyl groups excluding tert-OH is 1. The van der Waals surface area contributed by atoms with E-state index in [-0.39, 0.29) is 6.10 Å². The number of allylic oxidation sites excluding steroid dienone is 3. The second kappa shape index (κ2) is 6.24. The minimum Gasteiger partial charge on any atom is -0.389 e. The Morgan fingerprint density at radius 2 is 1.88 bits per heavy atom. The molecule has 1 aliphatic rings. The Morgan fingerprint density at radius 3 is 2.50 bits per heavy atom. The van der Waals surface area contributed by atoms with Crippen molar-refractivity contribution in [1.82, 2.24) is 0 Å². The van der Waals surface area contributed by atoms with Crippen molar-refractivity contribution in [1.29, 1.82) is 0 Å². The molecular formula is C15H26O. The van der Waals surface area contributed by atoms with Crippen LogP contribution in [0.4, 0.5) is 0 Å². The van der Waals surface area contributed by atoms with Gasteiger partial charge in [-0.25, -0.2) is 0 Å². The average Bonchev–Trinajstić information content (AvgIpc) is 2.16. The molecule has 0 aromatic carbocycles. The number of aliphatic hydroxyl groups is 1. The first-order valence-electron chi connectivity index (χ1n) is 6.51. The van der Waals surface area contributed by atoms with Crippen LogP contribution in [-0.4, -0.2) is 11.2 Å². The third-order valence-electron chi connectivity index (χ3n) is 3.65. The van der Waals surface area contributed by atoms with Crippen LogP contribution < -0.4 is 0 Å². The molecule has 0 bridgehead atoms. The Balaban J connectivity index is 2.81. The Kier molecular flexibility index (Phi) is 5.27.